The highest BCUT2D eigenvalue weighted by Crippen LogP contribution is 2.66. The topological polar surface area (TPSA) is 17.1 Å². The number of Topliss-reactive ketones (excluding diaryl/α,β-unsaturated/α-hetero) is 1. The lowest BCUT2D eigenvalue weighted by atomic mass is 9.42. The van der Waals surface area contributed by atoms with Gasteiger partial charge in [0, 0.05) is 16.9 Å². The van der Waals surface area contributed by atoms with Crippen LogP contribution in [0.2, 0.25) is 5.02 Å². The van der Waals surface area contributed by atoms with Gasteiger partial charge in [0.2, 0.25) is 0 Å². The maximum atomic E-state index is 13.5. The minimum Gasteiger partial charge on any atom is -0.299 e. The van der Waals surface area contributed by atoms with Crippen LogP contribution >= 0.6 is 11.6 Å². The van der Waals surface area contributed by atoms with Gasteiger partial charge in [-0.2, -0.15) is 0 Å². The lowest BCUT2D eigenvalue weighted by Crippen LogP contribution is -2.56. The molecule has 0 aromatic heterocycles. The number of hydrogen-bond donors (Lipinski definition) is 0. The molecule has 0 N–H and O–H groups in total. The molecule has 4 aliphatic carbocycles. The number of halogens is 1. The van der Waals surface area contributed by atoms with E-state index in [1.165, 1.54) is 30.4 Å². The van der Waals surface area contributed by atoms with Crippen LogP contribution in [-0.4, -0.2) is 5.78 Å². The fourth-order valence-electron chi connectivity index (χ4n) is 6.90. The molecule has 2 atom stereocenters. The van der Waals surface area contributed by atoms with Crippen LogP contribution in [0.1, 0.15) is 56.1 Å². The fraction of sp³-hybridized carbons (Fsp3) is 0.480. The summed E-state index contributed by atoms with van der Waals surface area (Å²) in [6.07, 6.45) is 8.76. The van der Waals surface area contributed by atoms with Crippen LogP contribution in [0.4, 0.5) is 0 Å². The second kappa shape index (κ2) is 6.48. The molecule has 4 bridgehead atoms. The first kappa shape index (κ1) is 17.5. The normalized spacial score (nSPS) is 34.0. The highest BCUT2D eigenvalue weighted by atomic mass is 35.5. The van der Waals surface area contributed by atoms with Crippen LogP contribution in [0.15, 0.2) is 54.6 Å². The smallest absolute Gasteiger partial charge is 0.139 e. The molecule has 4 fully saturated rings. The molecule has 0 radical (unpaired) electrons. The lowest BCUT2D eigenvalue weighted by Gasteiger charge is -2.62. The first-order chi connectivity index (χ1) is 13.1. The monoisotopic (exact) mass is 378 g/mol. The van der Waals surface area contributed by atoms with Crippen molar-refractivity contribution in [1.29, 1.82) is 0 Å². The van der Waals surface area contributed by atoms with Gasteiger partial charge in [-0.05, 0) is 85.5 Å². The van der Waals surface area contributed by atoms with Crippen molar-refractivity contribution in [3.05, 3.63) is 70.7 Å². The van der Waals surface area contributed by atoms with Crippen LogP contribution in [0.5, 0.6) is 0 Å². The predicted octanol–water partition coefficient (Wildman–Crippen LogP) is 6.38. The second-order valence-electron chi connectivity index (χ2n) is 9.44. The number of benzene rings is 2. The molecule has 4 aliphatic rings. The van der Waals surface area contributed by atoms with E-state index in [1.807, 2.05) is 18.2 Å². The Kier molecular flexibility index (Phi) is 4.20. The Morgan fingerprint density at radius 2 is 1.59 bits per heavy atom. The Bertz CT molecular complexity index is 824. The Morgan fingerprint density at radius 1 is 0.926 bits per heavy atom. The summed E-state index contributed by atoms with van der Waals surface area (Å²) in [7, 11) is 0. The average molecular weight is 379 g/mol. The number of hydrogen-bond acceptors (Lipinski definition) is 1. The molecule has 0 saturated heterocycles. The first-order valence-corrected chi connectivity index (χ1v) is 10.8. The first-order valence-electron chi connectivity index (χ1n) is 10.4. The minimum atomic E-state index is -0.0709. The minimum absolute atomic E-state index is 0.0709. The molecule has 4 saturated carbocycles. The zero-order chi connectivity index (χ0) is 18.5. The van der Waals surface area contributed by atoms with Gasteiger partial charge in [-0.25, -0.2) is 0 Å². The molecular formula is C25H27ClO. The zero-order valence-corrected chi connectivity index (χ0v) is 16.5. The Balaban J connectivity index is 1.41. The van der Waals surface area contributed by atoms with Crippen molar-refractivity contribution in [2.75, 3.05) is 0 Å². The van der Waals surface area contributed by atoms with Crippen molar-refractivity contribution in [2.45, 2.75) is 56.8 Å². The van der Waals surface area contributed by atoms with Crippen molar-refractivity contribution in [3.63, 3.8) is 0 Å². The van der Waals surface area contributed by atoms with E-state index >= 15 is 0 Å². The van der Waals surface area contributed by atoms with Gasteiger partial charge in [0.15, 0.2) is 0 Å². The summed E-state index contributed by atoms with van der Waals surface area (Å²) in [5.74, 6) is 1.98. The molecule has 27 heavy (non-hydrogen) atoms. The van der Waals surface area contributed by atoms with E-state index in [9.17, 15) is 4.79 Å². The van der Waals surface area contributed by atoms with E-state index in [-0.39, 0.29) is 10.8 Å². The van der Waals surface area contributed by atoms with Gasteiger partial charge in [-0.1, -0.05) is 54.1 Å². The highest BCUT2D eigenvalue weighted by Gasteiger charge is 2.60. The highest BCUT2D eigenvalue weighted by molar-refractivity contribution is 6.30. The standard InChI is InChI=1S/C25H27ClO/c26-22-9-7-21(8-10-22)24-13-19-12-20(14-24)16-25(15-19,17-24)23(27)11-6-18-4-2-1-3-5-18/h1-5,7-10,19-20H,6,11-17H2. The quantitative estimate of drug-likeness (QED) is 0.589. The number of rotatable bonds is 5. The third kappa shape index (κ3) is 3.05. The van der Waals surface area contributed by atoms with Gasteiger partial charge in [-0.15, -0.1) is 0 Å². The van der Waals surface area contributed by atoms with Crippen LogP contribution in [0, 0.1) is 17.3 Å². The molecule has 2 heteroatoms. The van der Waals surface area contributed by atoms with Crippen molar-refractivity contribution in [3.8, 4) is 0 Å². The molecular weight excluding hydrogens is 352 g/mol. The van der Waals surface area contributed by atoms with Crippen LogP contribution in [0.3, 0.4) is 0 Å². The molecule has 1 nitrogen and oxygen atoms in total. The van der Waals surface area contributed by atoms with Crippen LogP contribution in [-0.2, 0) is 16.6 Å². The summed E-state index contributed by atoms with van der Waals surface area (Å²) < 4.78 is 0. The summed E-state index contributed by atoms with van der Waals surface area (Å²) in [4.78, 5) is 13.5. The summed E-state index contributed by atoms with van der Waals surface area (Å²) >= 11 is 6.14. The van der Waals surface area contributed by atoms with E-state index in [2.05, 4.69) is 36.4 Å². The Labute approximate surface area is 167 Å². The molecule has 0 aliphatic heterocycles. The summed E-state index contributed by atoms with van der Waals surface area (Å²) in [6, 6.07) is 19.0. The van der Waals surface area contributed by atoms with Gasteiger partial charge in [0.05, 0.1) is 0 Å². The fourth-order valence-corrected chi connectivity index (χ4v) is 7.02. The largest absolute Gasteiger partial charge is 0.299 e. The van der Waals surface area contributed by atoms with E-state index in [4.69, 9.17) is 11.6 Å². The molecule has 0 amide bonds. The van der Waals surface area contributed by atoms with E-state index in [0.29, 0.717) is 12.2 Å². The molecule has 6 rings (SSSR count). The number of ketones is 1. The Morgan fingerprint density at radius 3 is 2.26 bits per heavy atom. The van der Waals surface area contributed by atoms with Gasteiger partial charge in [-0.3, -0.25) is 4.79 Å². The van der Waals surface area contributed by atoms with Crippen LogP contribution < -0.4 is 0 Å². The van der Waals surface area contributed by atoms with Gasteiger partial charge in [0.25, 0.3) is 0 Å². The maximum absolute atomic E-state index is 13.5. The van der Waals surface area contributed by atoms with Gasteiger partial charge >= 0.3 is 0 Å². The molecule has 2 unspecified atom stereocenters. The third-order valence-electron chi connectivity index (χ3n) is 7.59. The molecule has 2 aromatic carbocycles. The zero-order valence-electron chi connectivity index (χ0n) is 15.8. The van der Waals surface area contributed by atoms with E-state index < -0.39 is 0 Å². The molecule has 0 spiro atoms. The van der Waals surface area contributed by atoms with Gasteiger partial charge < -0.3 is 0 Å². The summed E-state index contributed by atoms with van der Waals surface area (Å²) in [5.41, 5.74) is 2.83. The summed E-state index contributed by atoms with van der Waals surface area (Å²) in [6.45, 7) is 0. The maximum Gasteiger partial charge on any atom is 0.139 e. The number of carbonyl (C=O) groups is 1. The van der Waals surface area contributed by atoms with E-state index in [1.54, 1.807) is 0 Å². The second-order valence-corrected chi connectivity index (χ2v) is 9.87. The third-order valence-corrected chi connectivity index (χ3v) is 7.84. The SMILES string of the molecule is O=C(CCc1ccccc1)C12CC3CC(C1)CC(c1ccc(Cl)cc1)(C3)C2. The summed E-state index contributed by atoms with van der Waals surface area (Å²) in [5, 5.41) is 0.803. The van der Waals surface area contributed by atoms with Crippen molar-refractivity contribution >= 4 is 17.4 Å². The molecule has 140 valence electrons. The van der Waals surface area contributed by atoms with Crippen molar-refractivity contribution in [2.24, 2.45) is 17.3 Å². The lowest BCUT2D eigenvalue weighted by molar-refractivity contribution is -0.146. The van der Waals surface area contributed by atoms with E-state index in [0.717, 1.165) is 42.5 Å². The predicted molar refractivity (Wildman–Crippen MR) is 110 cm³/mol. The Hall–Kier alpha value is -1.60. The van der Waals surface area contributed by atoms with Crippen molar-refractivity contribution < 1.29 is 4.79 Å². The van der Waals surface area contributed by atoms with Gasteiger partial charge in [0.1, 0.15) is 5.78 Å². The number of aryl methyl sites for hydroxylation is 1. The van der Waals surface area contributed by atoms with Crippen LogP contribution in [0.25, 0.3) is 0 Å². The average Bonchev–Trinajstić information content (AvgIpc) is 2.66. The molecule has 0 heterocycles. The number of carbonyl (C=O) groups excluding carboxylic acids is 1. The molecule has 2 aromatic rings. The van der Waals surface area contributed by atoms with Crippen molar-refractivity contribution in [1.82, 2.24) is 0 Å².